The second-order valence-corrected chi connectivity index (χ2v) is 5.92. The molecule has 98 valence electrons. The molecular formula is C16H18N2O. The van der Waals surface area contributed by atoms with Crippen LogP contribution in [0.25, 0.3) is 11.3 Å². The van der Waals surface area contributed by atoms with E-state index in [4.69, 9.17) is 0 Å². The molecule has 3 rings (SSSR count). The van der Waals surface area contributed by atoms with Gasteiger partial charge < -0.3 is 4.98 Å². The summed E-state index contributed by atoms with van der Waals surface area (Å²) in [5.74, 6) is 0.267. The molecule has 0 amide bonds. The molecule has 0 unspecified atom stereocenters. The fourth-order valence-corrected chi connectivity index (χ4v) is 2.93. The van der Waals surface area contributed by atoms with Gasteiger partial charge in [-0.15, -0.1) is 0 Å². The summed E-state index contributed by atoms with van der Waals surface area (Å²) >= 11 is 0. The Bertz CT molecular complexity index is 638. The normalized spacial score (nSPS) is 17.3. The summed E-state index contributed by atoms with van der Waals surface area (Å²) in [5, 5.41) is 0. The van der Waals surface area contributed by atoms with Crippen LogP contribution >= 0.6 is 0 Å². The van der Waals surface area contributed by atoms with Gasteiger partial charge in [-0.1, -0.05) is 13.8 Å². The lowest BCUT2D eigenvalue weighted by Crippen LogP contribution is -2.27. The van der Waals surface area contributed by atoms with Crippen molar-refractivity contribution >= 4 is 5.78 Å². The minimum Gasteiger partial charge on any atom is -0.357 e. The summed E-state index contributed by atoms with van der Waals surface area (Å²) in [6.45, 7) is 6.43. The Kier molecular flexibility index (Phi) is 2.59. The van der Waals surface area contributed by atoms with Crippen LogP contribution in [0.2, 0.25) is 0 Å². The zero-order valence-electron chi connectivity index (χ0n) is 11.6. The van der Waals surface area contributed by atoms with Crippen LogP contribution in [0.3, 0.4) is 0 Å². The van der Waals surface area contributed by atoms with Crippen molar-refractivity contribution in [3.63, 3.8) is 0 Å². The van der Waals surface area contributed by atoms with E-state index in [0.29, 0.717) is 6.42 Å². The minimum absolute atomic E-state index is 0.0410. The number of aromatic amines is 1. The number of hydrogen-bond acceptors (Lipinski definition) is 2. The zero-order chi connectivity index (χ0) is 13.6. The number of H-pyrrole nitrogens is 1. The summed E-state index contributed by atoms with van der Waals surface area (Å²) in [6.07, 6.45) is 5.12. The molecule has 2 heterocycles. The van der Waals surface area contributed by atoms with Crippen molar-refractivity contribution in [3.8, 4) is 11.3 Å². The van der Waals surface area contributed by atoms with E-state index in [9.17, 15) is 4.79 Å². The van der Waals surface area contributed by atoms with Crippen LogP contribution in [0.15, 0.2) is 24.5 Å². The van der Waals surface area contributed by atoms with Crippen LogP contribution in [0.1, 0.15) is 48.3 Å². The SMILES string of the molecule is Cc1c(-c2ccncc2)[nH]c2c1C(=O)CCC2(C)C. The monoisotopic (exact) mass is 254 g/mol. The van der Waals surface area contributed by atoms with Gasteiger partial charge in [-0.2, -0.15) is 0 Å². The van der Waals surface area contributed by atoms with Crippen molar-refractivity contribution in [2.45, 2.75) is 39.0 Å². The summed E-state index contributed by atoms with van der Waals surface area (Å²) in [6, 6.07) is 3.95. The van der Waals surface area contributed by atoms with Gasteiger partial charge in [0.25, 0.3) is 0 Å². The topological polar surface area (TPSA) is 45.8 Å². The standard InChI is InChI=1S/C16H18N2O/c1-10-13-12(19)4-7-16(2,3)15(13)18-14(10)11-5-8-17-9-6-11/h5-6,8-9,18H,4,7H2,1-3H3. The van der Waals surface area contributed by atoms with Crippen LogP contribution in [0, 0.1) is 6.92 Å². The Morgan fingerprint density at radius 2 is 1.95 bits per heavy atom. The third-order valence-electron chi connectivity index (χ3n) is 4.15. The second kappa shape index (κ2) is 4.05. The highest BCUT2D eigenvalue weighted by atomic mass is 16.1. The Morgan fingerprint density at radius 1 is 1.26 bits per heavy atom. The van der Waals surface area contributed by atoms with E-state index in [2.05, 4.69) is 23.8 Å². The summed E-state index contributed by atoms with van der Waals surface area (Å²) in [4.78, 5) is 19.7. The highest BCUT2D eigenvalue weighted by molar-refractivity contribution is 6.02. The predicted molar refractivity (Wildman–Crippen MR) is 75.4 cm³/mol. The largest absolute Gasteiger partial charge is 0.357 e. The number of nitrogens with one attached hydrogen (secondary N) is 1. The molecule has 0 radical (unpaired) electrons. The number of fused-ring (bicyclic) bond motifs is 1. The molecule has 0 aliphatic heterocycles. The maximum Gasteiger partial charge on any atom is 0.165 e. The van der Waals surface area contributed by atoms with Crippen LogP contribution < -0.4 is 0 Å². The van der Waals surface area contributed by atoms with Crippen LogP contribution in [0.4, 0.5) is 0 Å². The summed E-state index contributed by atoms with van der Waals surface area (Å²) in [5.41, 5.74) is 5.25. The summed E-state index contributed by atoms with van der Waals surface area (Å²) in [7, 11) is 0. The maximum atomic E-state index is 12.2. The Morgan fingerprint density at radius 3 is 2.58 bits per heavy atom. The Balaban J connectivity index is 2.24. The van der Waals surface area contributed by atoms with E-state index < -0.39 is 0 Å². The minimum atomic E-state index is 0.0410. The van der Waals surface area contributed by atoms with Gasteiger partial charge in [0.2, 0.25) is 0 Å². The van der Waals surface area contributed by atoms with Gasteiger partial charge in [0.05, 0.1) is 0 Å². The first kappa shape index (κ1) is 12.2. The number of carbonyl (C=O) groups is 1. The number of pyridine rings is 1. The van der Waals surface area contributed by atoms with E-state index in [1.54, 1.807) is 12.4 Å². The fourth-order valence-electron chi connectivity index (χ4n) is 2.93. The Labute approximate surface area is 113 Å². The number of ketones is 1. The van der Waals surface area contributed by atoms with Gasteiger partial charge in [0, 0.05) is 46.7 Å². The van der Waals surface area contributed by atoms with Crippen molar-refractivity contribution in [2.75, 3.05) is 0 Å². The summed E-state index contributed by atoms with van der Waals surface area (Å²) < 4.78 is 0. The Hall–Kier alpha value is -1.90. The predicted octanol–water partition coefficient (Wildman–Crippen LogP) is 3.64. The molecule has 0 bridgehead atoms. The number of Topliss-reactive ketones (excluding diaryl/α,β-unsaturated/α-hetero) is 1. The third kappa shape index (κ3) is 1.81. The molecule has 0 aromatic carbocycles. The van der Waals surface area contributed by atoms with Gasteiger partial charge in [-0.05, 0) is 31.0 Å². The average Bonchev–Trinajstić information content (AvgIpc) is 2.75. The van der Waals surface area contributed by atoms with Crippen molar-refractivity contribution in [3.05, 3.63) is 41.3 Å². The van der Waals surface area contributed by atoms with Crippen molar-refractivity contribution < 1.29 is 4.79 Å². The highest BCUT2D eigenvalue weighted by Gasteiger charge is 2.35. The molecule has 2 aromatic rings. The van der Waals surface area contributed by atoms with Crippen LogP contribution in [-0.4, -0.2) is 15.8 Å². The van der Waals surface area contributed by atoms with Gasteiger partial charge in [0.1, 0.15) is 0 Å². The lowest BCUT2D eigenvalue weighted by atomic mass is 9.75. The van der Waals surface area contributed by atoms with E-state index in [-0.39, 0.29) is 11.2 Å². The van der Waals surface area contributed by atoms with Gasteiger partial charge in [-0.25, -0.2) is 0 Å². The maximum absolute atomic E-state index is 12.2. The smallest absolute Gasteiger partial charge is 0.165 e. The fraction of sp³-hybridized carbons (Fsp3) is 0.375. The molecule has 1 aliphatic carbocycles. The van der Waals surface area contributed by atoms with E-state index in [1.165, 1.54) is 0 Å². The van der Waals surface area contributed by atoms with Gasteiger partial charge in [0.15, 0.2) is 5.78 Å². The molecule has 0 fully saturated rings. The van der Waals surface area contributed by atoms with E-state index in [0.717, 1.165) is 34.5 Å². The van der Waals surface area contributed by atoms with Crippen molar-refractivity contribution in [2.24, 2.45) is 0 Å². The van der Waals surface area contributed by atoms with Gasteiger partial charge in [-0.3, -0.25) is 9.78 Å². The van der Waals surface area contributed by atoms with Crippen molar-refractivity contribution in [1.82, 2.24) is 9.97 Å². The third-order valence-corrected chi connectivity index (χ3v) is 4.15. The number of carbonyl (C=O) groups excluding carboxylic acids is 1. The quantitative estimate of drug-likeness (QED) is 0.844. The lowest BCUT2D eigenvalue weighted by Gasteiger charge is -2.29. The van der Waals surface area contributed by atoms with Crippen LogP contribution in [-0.2, 0) is 5.41 Å². The number of hydrogen-bond donors (Lipinski definition) is 1. The molecule has 19 heavy (non-hydrogen) atoms. The highest BCUT2D eigenvalue weighted by Crippen LogP contribution is 2.40. The van der Waals surface area contributed by atoms with Crippen molar-refractivity contribution in [1.29, 1.82) is 0 Å². The first-order valence-electron chi connectivity index (χ1n) is 6.67. The molecule has 2 aromatic heterocycles. The molecule has 0 atom stereocenters. The number of nitrogens with zero attached hydrogens (tertiary/aromatic N) is 1. The number of rotatable bonds is 1. The first-order valence-corrected chi connectivity index (χ1v) is 6.67. The molecule has 3 nitrogen and oxygen atoms in total. The molecule has 0 saturated heterocycles. The molecule has 0 spiro atoms. The lowest BCUT2D eigenvalue weighted by molar-refractivity contribution is 0.0955. The first-order chi connectivity index (χ1) is 9.00. The van der Waals surface area contributed by atoms with E-state index in [1.807, 2.05) is 19.1 Å². The molecule has 1 N–H and O–H groups in total. The average molecular weight is 254 g/mol. The second-order valence-electron chi connectivity index (χ2n) is 5.92. The molecule has 3 heteroatoms. The van der Waals surface area contributed by atoms with E-state index >= 15 is 0 Å². The molecule has 0 saturated carbocycles. The molecule has 1 aliphatic rings. The molecular weight excluding hydrogens is 236 g/mol. The number of aromatic nitrogens is 2. The van der Waals surface area contributed by atoms with Crippen LogP contribution in [0.5, 0.6) is 0 Å². The zero-order valence-corrected chi connectivity index (χ0v) is 11.6. The van der Waals surface area contributed by atoms with Gasteiger partial charge >= 0.3 is 0 Å².